The highest BCUT2D eigenvalue weighted by Crippen LogP contribution is 2.19. The summed E-state index contributed by atoms with van der Waals surface area (Å²) in [7, 11) is 0. The summed E-state index contributed by atoms with van der Waals surface area (Å²) < 4.78 is 5.77. The number of hydrogen-bond acceptors (Lipinski definition) is 4. The van der Waals surface area contributed by atoms with Gasteiger partial charge in [-0.15, -0.1) is 0 Å². The molecule has 0 radical (unpaired) electrons. The van der Waals surface area contributed by atoms with Crippen molar-refractivity contribution in [3.05, 3.63) is 48.3 Å². The molecule has 0 aliphatic carbocycles. The van der Waals surface area contributed by atoms with Crippen molar-refractivity contribution in [2.24, 2.45) is 0 Å². The van der Waals surface area contributed by atoms with Gasteiger partial charge in [-0.05, 0) is 19.4 Å². The summed E-state index contributed by atoms with van der Waals surface area (Å²) in [5.74, 6) is 1.26. The van der Waals surface area contributed by atoms with Gasteiger partial charge in [-0.2, -0.15) is 4.98 Å². The Morgan fingerprint density at radius 3 is 2.72 bits per heavy atom. The highest BCUT2D eigenvalue weighted by molar-refractivity contribution is 5.33. The summed E-state index contributed by atoms with van der Waals surface area (Å²) in [5.41, 5.74) is 1.12. The van der Waals surface area contributed by atoms with Gasteiger partial charge in [0.05, 0.1) is 12.4 Å². The molecule has 1 heterocycles. The van der Waals surface area contributed by atoms with E-state index in [0.717, 1.165) is 17.9 Å². The van der Waals surface area contributed by atoms with E-state index in [-0.39, 0.29) is 6.10 Å². The average Bonchev–Trinajstić information content (AvgIpc) is 2.40. The Kier molecular flexibility index (Phi) is 4.12. The van der Waals surface area contributed by atoms with Crippen LogP contribution in [-0.4, -0.2) is 16.5 Å². The van der Waals surface area contributed by atoms with E-state index in [4.69, 9.17) is 4.74 Å². The van der Waals surface area contributed by atoms with Crippen molar-refractivity contribution in [2.75, 3.05) is 11.9 Å². The Hall–Kier alpha value is -2.10. The molecule has 2 rings (SSSR count). The summed E-state index contributed by atoms with van der Waals surface area (Å²) in [5, 5.41) is 3.11. The fourth-order valence-corrected chi connectivity index (χ4v) is 1.64. The minimum Gasteiger partial charge on any atom is -0.469 e. The van der Waals surface area contributed by atoms with Gasteiger partial charge in [0.25, 0.3) is 0 Å². The second-order valence-corrected chi connectivity index (χ2v) is 3.94. The second-order valence-electron chi connectivity index (χ2n) is 3.94. The number of hydrogen-bond donors (Lipinski definition) is 1. The number of nitrogens with zero attached hydrogens (tertiary/aromatic N) is 2. The van der Waals surface area contributed by atoms with E-state index in [1.807, 2.05) is 44.2 Å². The van der Waals surface area contributed by atoms with Crippen molar-refractivity contribution in [3.8, 4) is 5.88 Å². The number of rotatable bonds is 5. The number of ether oxygens (including phenoxy) is 1. The molecule has 0 saturated carbocycles. The van der Waals surface area contributed by atoms with Crippen LogP contribution in [0.4, 0.5) is 5.82 Å². The highest BCUT2D eigenvalue weighted by atomic mass is 16.5. The fourth-order valence-electron chi connectivity index (χ4n) is 1.64. The predicted octanol–water partition coefficient (Wildman–Crippen LogP) is 3.05. The molecule has 1 atom stereocenters. The molecule has 0 spiro atoms. The van der Waals surface area contributed by atoms with Crippen LogP contribution in [0.25, 0.3) is 0 Å². The monoisotopic (exact) mass is 243 g/mol. The van der Waals surface area contributed by atoms with Gasteiger partial charge in [-0.3, -0.25) is 4.98 Å². The highest BCUT2D eigenvalue weighted by Gasteiger charge is 2.08. The zero-order chi connectivity index (χ0) is 12.8. The van der Waals surface area contributed by atoms with E-state index in [1.54, 1.807) is 12.4 Å². The van der Waals surface area contributed by atoms with Crippen LogP contribution in [0, 0.1) is 0 Å². The first-order chi connectivity index (χ1) is 8.79. The molecule has 1 aromatic carbocycles. The van der Waals surface area contributed by atoms with Crippen molar-refractivity contribution in [1.82, 2.24) is 9.97 Å². The van der Waals surface area contributed by atoms with Gasteiger partial charge < -0.3 is 10.1 Å². The molecular formula is C14H17N3O. The largest absolute Gasteiger partial charge is 0.469 e. The maximum atomic E-state index is 5.77. The third-order valence-corrected chi connectivity index (χ3v) is 2.54. The first-order valence-electron chi connectivity index (χ1n) is 6.07. The van der Waals surface area contributed by atoms with Crippen LogP contribution >= 0.6 is 0 Å². The topological polar surface area (TPSA) is 47.0 Å². The lowest BCUT2D eigenvalue weighted by Crippen LogP contribution is -2.06. The normalized spacial score (nSPS) is 11.9. The standard InChI is InChI=1S/C14H17N3O/c1-3-16-13-9-15-10-14(17-13)18-11(2)12-7-5-4-6-8-12/h4-11H,3H2,1-2H3,(H,16,17). The van der Waals surface area contributed by atoms with Crippen LogP contribution in [-0.2, 0) is 0 Å². The lowest BCUT2D eigenvalue weighted by Gasteiger charge is -2.14. The lowest BCUT2D eigenvalue weighted by molar-refractivity contribution is 0.217. The summed E-state index contributed by atoms with van der Waals surface area (Å²) in [6.07, 6.45) is 3.27. The van der Waals surface area contributed by atoms with Crippen LogP contribution in [0.5, 0.6) is 5.88 Å². The number of benzene rings is 1. The average molecular weight is 243 g/mol. The van der Waals surface area contributed by atoms with E-state index in [0.29, 0.717) is 5.88 Å². The summed E-state index contributed by atoms with van der Waals surface area (Å²) in [6, 6.07) is 10.0. The van der Waals surface area contributed by atoms with Gasteiger partial charge in [-0.1, -0.05) is 30.3 Å². The summed E-state index contributed by atoms with van der Waals surface area (Å²) in [6.45, 7) is 4.82. The van der Waals surface area contributed by atoms with Crippen molar-refractivity contribution >= 4 is 5.82 Å². The molecule has 0 fully saturated rings. The van der Waals surface area contributed by atoms with Crippen LogP contribution in [0.1, 0.15) is 25.5 Å². The SMILES string of the molecule is CCNc1cncc(OC(C)c2ccccc2)n1. The van der Waals surface area contributed by atoms with Gasteiger partial charge in [0.15, 0.2) is 0 Å². The molecule has 4 heteroatoms. The molecule has 0 aliphatic rings. The van der Waals surface area contributed by atoms with E-state index >= 15 is 0 Å². The molecule has 18 heavy (non-hydrogen) atoms. The van der Waals surface area contributed by atoms with E-state index in [1.165, 1.54) is 0 Å². The van der Waals surface area contributed by atoms with Crippen molar-refractivity contribution in [2.45, 2.75) is 20.0 Å². The lowest BCUT2D eigenvalue weighted by atomic mass is 10.1. The number of anilines is 1. The Morgan fingerprint density at radius 1 is 1.22 bits per heavy atom. The predicted molar refractivity (Wildman–Crippen MR) is 71.7 cm³/mol. The van der Waals surface area contributed by atoms with Crippen LogP contribution in [0.15, 0.2) is 42.7 Å². The van der Waals surface area contributed by atoms with Gasteiger partial charge >= 0.3 is 0 Å². The zero-order valence-corrected chi connectivity index (χ0v) is 10.6. The van der Waals surface area contributed by atoms with Crippen molar-refractivity contribution in [3.63, 3.8) is 0 Å². The number of nitrogens with one attached hydrogen (secondary N) is 1. The van der Waals surface area contributed by atoms with Gasteiger partial charge in [0.1, 0.15) is 11.9 Å². The zero-order valence-electron chi connectivity index (χ0n) is 10.6. The molecule has 0 bridgehead atoms. The number of aromatic nitrogens is 2. The smallest absolute Gasteiger partial charge is 0.234 e. The van der Waals surface area contributed by atoms with Crippen molar-refractivity contribution < 1.29 is 4.74 Å². The Balaban J connectivity index is 2.07. The minimum absolute atomic E-state index is 0.0441. The molecule has 0 amide bonds. The summed E-state index contributed by atoms with van der Waals surface area (Å²) in [4.78, 5) is 8.43. The van der Waals surface area contributed by atoms with Crippen LogP contribution in [0.3, 0.4) is 0 Å². The molecular weight excluding hydrogens is 226 g/mol. The maximum Gasteiger partial charge on any atom is 0.234 e. The third-order valence-electron chi connectivity index (χ3n) is 2.54. The fraction of sp³-hybridized carbons (Fsp3) is 0.286. The molecule has 1 unspecified atom stereocenters. The van der Waals surface area contributed by atoms with Gasteiger partial charge in [0, 0.05) is 6.54 Å². The molecule has 4 nitrogen and oxygen atoms in total. The Labute approximate surface area is 107 Å². The molecule has 0 aliphatic heterocycles. The van der Waals surface area contributed by atoms with Crippen LogP contribution in [0.2, 0.25) is 0 Å². The first-order valence-corrected chi connectivity index (χ1v) is 6.07. The first kappa shape index (κ1) is 12.4. The molecule has 1 aromatic heterocycles. The third kappa shape index (κ3) is 3.20. The van der Waals surface area contributed by atoms with Crippen molar-refractivity contribution in [1.29, 1.82) is 0 Å². The Morgan fingerprint density at radius 2 is 2.00 bits per heavy atom. The summed E-state index contributed by atoms with van der Waals surface area (Å²) >= 11 is 0. The minimum atomic E-state index is -0.0441. The quantitative estimate of drug-likeness (QED) is 0.876. The molecule has 1 N–H and O–H groups in total. The van der Waals surface area contributed by atoms with E-state index in [2.05, 4.69) is 15.3 Å². The Bertz CT molecular complexity index is 487. The van der Waals surface area contributed by atoms with Crippen LogP contribution < -0.4 is 10.1 Å². The van der Waals surface area contributed by atoms with E-state index < -0.39 is 0 Å². The van der Waals surface area contributed by atoms with Gasteiger partial charge in [0.2, 0.25) is 5.88 Å². The van der Waals surface area contributed by atoms with E-state index in [9.17, 15) is 0 Å². The van der Waals surface area contributed by atoms with Gasteiger partial charge in [-0.25, -0.2) is 0 Å². The maximum absolute atomic E-state index is 5.77. The molecule has 94 valence electrons. The molecule has 2 aromatic rings. The molecule has 0 saturated heterocycles. The second kappa shape index (κ2) is 6.00.